The molecule has 0 radical (unpaired) electrons. The van der Waals surface area contributed by atoms with Gasteiger partial charge in [0.25, 0.3) is 0 Å². The standard InChI is InChI=1S/C20H27N3/c1-16-6-7-20(22-14-17-8-10-21-11-9-17)19(13-16)18-5-3-4-12-23(2)15-18/h6-11,13,18,22H,3-5,12,14-15H2,1-2H3. The van der Waals surface area contributed by atoms with E-state index in [2.05, 4.69) is 59.5 Å². The van der Waals surface area contributed by atoms with Crippen LogP contribution in [0.15, 0.2) is 42.7 Å². The molecule has 0 bridgehead atoms. The third kappa shape index (κ3) is 4.32. The molecule has 1 aliphatic rings. The van der Waals surface area contributed by atoms with Crippen LogP contribution in [0.1, 0.15) is 41.9 Å². The third-order valence-electron chi connectivity index (χ3n) is 4.75. The number of likely N-dealkylation sites (tertiary alicyclic amines) is 1. The van der Waals surface area contributed by atoms with Crippen molar-refractivity contribution in [2.24, 2.45) is 0 Å². The van der Waals surface area contributed by atoms with Gasteiger partial charge in [-0.2, -0.15) is 0 Å². The first-order chi connectivity index (χ1) is 11.2. The number of aromatic nitrogens is 1. The number of benzene rings is 1. The fourth-order valence-electron chi connectivity index (χ4n) is 3.46. The molecule has 1 aromatic carbocycles. The molecule has 1 aromatic heterocycles. The van der Waals surface area contributed by atoms with Gasteiger partial charge in [0.15, 0.2) is 0 Å². The summed E-state index contributed by atoms with van der Waals surface area (Å²) in [7, 11) is 2.25. The third-order valence-corrected chi connectivity index (χ3v) is 4.75. The number of nitrogens with zero attached hydrogens (tertiary/aromatic N) is 2. The van der Waals surface area contributed by atoms with Crippen LogP contribution in [0.25, 0.3) is 0 Å². The number of aryl methyl sites for hydroxylation is 1. The number of hydrogen-bond donors (Lipinski definition) is 1. The van der Waals surface area contributed by atoms with E-state index >= 15 is 0 Å². The van der Waals surface area contributed by atoms with E-state index in [0.29, 0.717) is 5.92 Å². The summed E-state index contributed by atoms with van der Waals surface area (Å²) < 4.78 is 0. The highest BCUT2D eigenvalue weighted by Crippen LogP contribution is 2.32. The summed E-state index contributed by atoms with van der Waals surface area (Å²) in [6.07, 6.45) is 7.64. The molecular formula is C20H27N3. The number of hydrogen-bond acceptors (Lipinski definition) is 3. The van der Waals surface area contributed by atoms with E-state index in [1.165, 1.54) is 48.2 Å². The van der Waals surface area contributed by atoms with Crippen molar-refractivity contribution in [1.29, 1.82) is 0 Å². The van der Waals surface area contributed by atoms with Gasteiger partial charge >= 0.3 is 0 Å². The summed E-state index contributed by atoms with van der Waals surface area (Å²) in [4.78, 5) is 6.57. The topological polar surface area (TPSA) is 28.2 Å². The summed E-state index contributed by atoms with van der Waals surface area (Å²) in [6.45, 7) is 5.42. The fourth-order valence-corrected chi connectivity index (χ4v) is 3.46. The number of anilines is 1. The SMILES string of the molecule is Cc1ccc(NCc2ccncc2)c(C2CCCCN(C)C2)c1. The molecule has 1 N–H and O–H groups in total. The highest BCUT2D eigenvalue weighted by atomic mass is 15.1. The van der Waals surface area contributed by atoms with Crippen LogP contribution in [-0.4, -0.2) is 30.0 Å². The Bertz CT molecular complexity index is 624. The second-order valence-electron chi connectivity index (χ2n) is 6.75. The van der Waals surface area contributed by atoms with E-state index in [1.807, 2.05) is 12.4 Å². The first kappa shape index (κ1) is 16.0. The number of pyridine rings is 1. The average molecular weight is 309 g/mol. The van der Waals surface area contributed by atoms with Gasteiger partial charge in [0, 0.05) is 31.2 Å². The van der Waals surface area contributed by atoms with Crippen molar-refractivity contribution in [2.45, 2.75) is 38.6 Å². The van der Waals surface area contributed by atoms with Crippen LogP contribution >= 0.6 is 0 Å². The van der Waals surface area contributed by atoms with Gasteiger partial charge in [0.05, 0.1) is 0 Å². The molecule has 2 heterocycles. The van der Waals surface area contributed by atoms with E-state index in [9.17, 15) is 0 Å². The van der Waals surface area contributed by atoms with Gasteiger partial charge < -0.3 is 10.2 Å². The molecule has 1 fully saturated rings. The van der Waals surface area contributed by atoms with Crippen molar-refractivity contribution >= 4 is 5.69 Å². The Hall–Kier alpha value is -1.87. The zero-order chi connectivity index (χ0) is 16.1. The molecule has 0 aliphatic carbocycles. The van der Waals surface area contributed by atoms with E-state index in [0.717, 1.165) is 13.1 Å². The molecule has 0 saturated carbocycles. The molecule has 122 valence electrons. The van der Waals surface area contributed by atoms with Gasteiger partial charge in [-0.25, -0.2) is 0 Å². The minimum Gasteiger partial charge on any atom is -0.381 e. The van der Waals surface area contributed by atoms with Gasteiger partial charge in [0.2, 0.25) is 0 Å². The second-order valence-corrected chi connectivity index (χ2v) is 6.75. The highest BCUT2D eigenvalue weighted by Gasteiger charge is 2.20. The van der Waals surface area contributed by atoms with E-state index in [1.54, 1.807) is 0 Å². The van der Waals surface area contributed by atoms with Crippen LogP contribution in [-0.2, 0) is 6.54 Å². The summed E-state index contributed by atoms with van der Waals surface area (Å²) in [5, 5.41) is 3.64. The molecule has 3 heteroatoms. The molecule has 1 atom stereocenters. The monoisotopic (exact) mass is 309 g/mol. The molecule has 0 spiro atoms. The van der Waals surface area contributed by atoms with Gasteiger partial charge in [-0.1, -0.05) is 24.1 Å². The van der Waals surface area contributed by atoms with Crippen LogP contribution in [0.5, 0.6) is 0 Å². The summed E-state index contributed by atoms with van der Waals surface area (Å²) in [5.41, 5.74) is 5.38. The quantitative estimate of drug-likeness (QED) is 0.917. The largest absolute Gasteiger partial charge is 0.381 e. The van der Waals surface area contributed by atoms with Crippen LogP contribution in [0.2, 0.25) is 0 Å². The van der Waals surface area contributed by atoms with Crippen molar-refractivity contribution in [3.8, 4) is 0 Å². The number of likely N-dealkylation sites (N-methyl/N-ethyl adjacent to an activating group) is 1. The fraction of sp³-hybridized carbons (Fsp3) is 0.450. The Morgan fingerprint density at radius 1 is 1.17 bits per heavy atom. The Kier molecular flexibility index (Phi) is 5.29. The molecule has 3 rings (SSSR count). The minimum atomic E-state index is 0.627. The zero-order valence-corrected chi connectivity index (χ0v) is 14.3. The predicted octanol–water partition coefficient (Wildman–Crippen LogP) is 4.20. The van der Waals surface area contributed by atoms with Crippen molar-refractivity contribution in [2.75, 3.05) is 25.5 Å². The number of nitrogens with one attached hydrogen (secondary N) is 1. The normalized spacial score (nSPS) is 19.3. The molecule has 1 unspecified atom stereocenters. The van der Waals surface area contributed by atoms with Crippen LogP contribution in [0.4, 0.5) is 5.69 Å². The minimum absolute atomic E-state index is 0.627. The molecule has 3 nitrogen and oxygen atoms in total. The summed E-state index contributed by atoms with van der Waals surface area (Å²) in [6, 6.07) is 11.0. The van der Waals surface area contributed by atoms with Gasteiger partial charge in [-0.05, 0) is 68.6 Å². The smallest absolute Gasteiger partial charge is 0.0402 e. The van der Waals surface area contributed by atoms with E-state index in [-0.39, 0.29) is 0 Å². The van der Waals surface area contributed by atoms with Crippen LogP contribution in [0.3, 0.4) is 0 Å². The van der Waals surface area contributed by atoms with Crippen LogP contribution < -0.4 is 5.32 Å². The van der Waals surface area contributed by atoms with Gasteiger partial charge in [-0.15, -0.1) is 0 Å². The highest BCUT2D eigenvalue weighted by molar-refractivity contribution is 5.54. The second kappa shape index (κ2) is 7.60. The van der Waals surface area contributed by atoms with Gasteiger partial charge in [-0.3, -0.25) is 4.98 Å². The van der Waals surface area contributed by atoms with E-state index < -0.39 is 0 Å². The molecule has 23 heavy (non-hydrogen) atoms. The van der Waals surface area contributed by atoms with Crippen molar-refractivity contribution < 1.29 is 0 Å². The maximum Gasteiger partial charge on any atom is 0.0402 e. The maximum absolute atomic E-state index is 4.09. The van der Waals surface area contributed by atoms with Crippen LogP contribution in [0, 0.1) is 6.92 Å². The summed E-state index contributed by atoms with van der Waals surface area (Å²) >= 11 is 0. The first-order valence-electron chi connectivity index (χ1n) is 8.64. The predicted molar refractivity (Wildman–Crippen MR) is 96.8 cm³/mol. The maximum atomic E-state index is 4.09. The first-order valence-corrected chi connectivity index (χ1v) is 8.64. The molecule has 1 saturated heterocycles. The Morgan fingerprint density at radius 2 is 2.00 bits per heavy atom. The molecule has 1 aliphatic heterocycles. The lowest BCUT2D eigenvalue weighted by Gasteiger charge is -2.24. The molecular weight excluding hydrogens is 282 g/mol. The van der Waals surface area contributed by atoms with Crippen molar-refractivity contribution in [3.05, 3.63) is 59.4 Å². The Labute approximate surface area is 139 Å². The Morgan fingerprint density at radius 3 is 2.83 bits per heavy atom. The lowest BCUT2D eigenvalue weighted by Crippen LogP contribution is -2.23. The molecule has 2 aromatic rings. The average Bonchev–Trinajstić information content (AvgIpc) is 2.79. The summed E-state index contributed by atoms with van der Waals surface area (Å²) in [5.74, 6) is 0.627. The Balaban J connectivity index is 1.79. The lowest BCUT2D eigenvalue weighted by atomic mass is 9.91. The number of rotatable bonds is 4. The molecule has 0 amide bonds. The zero-order valence-electron chi connectivity index (χ0n) is 14.3. The van der Waals surface area contributed by atoms with E-state index in [4.69, 9.17) is 0 Å². The van der Waals surface area contributed by atoms with Crippen molar-refractivity contribution in [1.82, 2.24) is 9.88 Å². The lowest BCUT2D eigenvalue weighted by molar-refractivity contribution is 0.333. The van der Waals surface area contributed by atoms with Crippen molar-refractivity contribution in [3.63, 3.8) is 0 Å². The van der Waals surface area contributed by atoms with Gasteiger partial charge in [0.1, 0.15) is 0 Å².